The number of pyridine rings is 1. The summed E-state index contributed by atoms with van der Waals surface area (Å²) >= 11 is 3.19. The molecule has 0 aromatic carbocycles. The Bertz CT molecular complexity index is 633. The third kappa shape index (κ3) is 5.94. The first-order valence-electron chi connectivity index (χ1n) is 5.66. The molecule has 0 atom stereocenters. The molecule has 3 aromatic heterocycles. The van der Waals surface area contributed by atoms with Crippen molar-refractivity contribution in [1.82, 2.24) is 15.0 Å². The molecular weight excluding hydrogens is 385 g/mol. The predicted octanol–water partition coefficient (Wildman–Crippen LogP) is -5.64. The van der Waals surface area contributed by atoms with Crippen LogP contribution in [0, 0.1) is 0 Å². The van der Waals surface area contributed by atoms with Gasteiger partial charge in [-0.05, 0) is 12.1 Å². The van der Waals surface area contributed by atoms with E-state index in [9.17, 15) is 0 Å². The maximum atomic E-state index is 4.32. The lowest BCUT2D eigenvalue weighted by molar-refractivity contribution is -0.00100. The van der Waals surface area contributed by atoms with Crippen LogP contribution in [0.5, 0.6) is 0 Å². The van der Waals surface area contributed by atoms with Gasteiger partial charge in [-0.1, -0.05) is 17.4 Å². The molecule has 0 spiro atoms. The van der Waals surface area contributed by atoms with E-state index >= 15 is 0 Å². The molecule has 22 heavy (non-hydrogen) atoms. The van der Waals surface area contributed by atoms with Crippen LogP contribution in [0.2, 0.25) is 0 Å². The van der Waals surface area contributed by atoms with Crippen molar-refractivity contribution in [2.24, 2.45) is 0 Å². The monoisotopic (exact) mass is 394 g/mol. The van der Waals surface area contributed by atoms with E-state index < -0.39 is 0 Å². The average molecular weight is 396 g/mol. The van der Waals surface area contributed by atoms with Crippen LogP contribution in [-0.4, -0.2) is 15.0 Å². The second kappa shape index (κ2) is 10.6. The largest absolute Gasteiger partial charge is 1.00 e. The van der Waals surface area contributed by atoms with Crippen molar-refractivity contribution in [2.75, 3.05) is 10.6 Å². The summed E-state index contributed by atoms with van der Waals surface area (Å²) in [5.74, 6) is 0.802. The molecule has 10 heteroatoms. The molecule has 0 aliphatic carbocycles. The molecule has 0 unspecified atom stereocenters. The van der Waals surface area contributed by atoms with Gasteiger partial charge in [0.05, 0.1) is 6.54 Å². The van der Waals surface area contributed by atoms with Crippen molar-refractivity contribution in [3.05, 3.63) is 47.0 Å². The van der Waals surface area contributed by atoms with Gasteiger partial charge in [0.15, 0.2) is 10.3 Å². The molecule has 0 fully saturated rings. The average Bonchev–Trinajstić information content (AvgIpc) is 3.09. The first-order chi connectivity index (χ1) is 9.40. The molecule has 3 heterocycles. The summed E-state index contributed by atoms with van der Waals surface area (Å²) in [6.45, 7) is 0.731. The molecule has 3 aromatic rings. The van der Waals surface area contributed by atoms with Crippen molar-refractivity contribution >= 4 is 38.8 Å². The molecule has 0 aliphatic heterocycles. The smallest absolute Gasteiger partial charge is 0.188 e. The van der Waals surface area contributed by atoms with Gasteiger partial charge in [-0.2, -0.15) is 0 Å². The number of nitrogens with zero attached hydrogens (tertiary/aromatic N) is 3. The molecule has 5 nitrogen and oxygen atoms in total. The fourth-order valence-electron chi connectivity index (χ4n) is 1.47. The second-order valence-electron chi connectivity index (χ2n) is 3.66. The summed E-state index contributed by atoms with van der Waals surface area (Å²) in [7, 11) is 0. The lowest BCUT2D eigenvalue weighted by Gasteiger charge is -2.00. The van der Waals surface area contributed by atoms with Crippen LogP contribution >= 0.6 is 22.7 Å². The quantitative estimate of drug-likeness (QED) is 0.451. The minimum Gasteiger partial charge on any atom is -1.00 e. The van der Waals surface area contributed by atoms with Gasteiger partial charge in [0.2, 0.25) is 0 Å². The Balaban J connectivity index is 0.00000147. The summed E-state index contributed by atoms with van der Waals surface area (Å²) in [6.07, 6.45) is 5.39. The van der Waals surface area contributed by atoms with Gasteiger partial charge >= 0.3 is 0 Å². The van der Waals surface area contributed by atoms with Crippen LogP contribution < -0.4 is 47.9 Å². The van der Waals surface area contributed by atoms with E-state index in [0.717, 1.165) is 27.5 Å². The van der Waals surface area contributed by atoms with Gasteiger partial charge in [-0.25, -0.2) is 15.0 Å². The van der Waals surface area contributed by atoms with Crippen molar-refractivity contribution in [3.63, 3.8) is 0 Å². The number of anilines is 3. The van der Waals surface area contributed by atoms with Gasteiger partial charge in [0.1, 0.15) is 5.82 Å². The topological polar surface area (TPSA) is 62.7 Å². The van der Waals surface area contributed by atoms with E-state index in [1.54, 1.807) is 35.1 Å². The van der Waals surface area contributed by atoms with Gasteiger partial charge in [-0.15, -0.1) is 11.3 Å². The van der Waals surface area contributed by atoms with E-state index in [0.29, 0.717) is 0 Å². The number of aromatic nitrogens is 3. The molecule has 0 saturated heterocycles. The summed E-state index contributed by atoms with van der Waals surface area (Å²) in [5, 5.41) is 10.1. The normalized spacial score (nSPS) is 8.91. The molecular formula is C12H11Cl3N5S2-3. The molecule has 0 radical (unpaired) electrons. The standard InChI is InChI=1S/C12H11N5S2.3ClH/c1-2-4-13-10(3-1)17-12-16-8-9(19-12)7-15-11-14-5-6-18-11;;;/h1-6,8H,7H2,(H,14,15)(H,13,16,17);3*1H/p-3. The van der Waals surface area contributed by atoms with Crippen LogP contribution in [0.1, 0.15) is 4.88 Å². The van der Waals surface area contributed by atoms with Gasteiger partial charge in [0, 0.05) is 28.8 Å². The Morgan fingerprint density at radius 1 is 0.955 bits per heavy atom. The summed E-state index contributed by atoms with van der Waals surface area (Å²) in [4.78, 5) is 13.8. The van der Waals surface area contributed by atoms with Crippen LogP contribution in [0.3, 0.4) is 0 Å². The maximum Gasteiger partial charge on any atom is 0.188 e. The molecule has 2 N–H and O–H groups in total. The molecule has 120 valence electrons. The van der Waals surface area contributed by atoms with E-state index in [-0.39, 0.29) is 37.2 Å². The first-order valence-corrected chi connectivity index (χ1v) is 7.36. The van der Waals surface area contributed by atoms with E-state index in [4.69, 9.17) is 0 Å². The molecule has 0 saturated carbocycles. The van der Waals surface area contributed by atoms with Crippen LogP contribution in [-0.2, 0) is 6.54 Å². The number of rotatable bonds is 5. The molecule has 0 amide bonds. The highest BCUT2D eigenvalue weighted by molar-refractivity contribution is 7.15. The number of thiazole rings is 2. The Morgan fingerprint density at radius 3 is 2.50 bits per heavy atom. The highest BCUT2D eigenvalue weighted by Crippen LogP contribution is 2.22. The zero-order chi connectivity index (χ0) is 12.9. The highest BCUT2D eigenvalue weighted by Gasteiger charge is 2.03. The number of nitrogens with one attached hydrogen (secondary N) is 2. The first kappa shape index (κ1) is 20.9. The summed E-state index contributed by atoms with van der Waals surface area (Å²) in [5.41, 5.74) is 0. The van der Waals surface area contributed by atoms with Gasteiger partial charge in [-0.3, -0.25) is 0 Å². The van der Waals surface area contributed by atoms with Crippen LogP contribution in [0.15, 0.2) is 42.2 Å². The van der Waals surface area contributed by atoms with E-state index in [1.165, 1.54) is 0 Å². The van der Waals surface area contributed by atoms with Gasteiger partial charge in [0.25, 0.3) is 0 Å². The van der Waals surface area contributed by atoms with Crippen molar-refractivity contribution < 1.29 is 37.2 Å². The zero-order valence-corrected chi connectivity index (χ0v) is 14.9. The maximum absolute atomic E-state index is 4.32. The van der Waals surface area contributed by atoms with Crippen molar-refractivity contribution in [3.8, 4) is 0 Å². The Hall–Kier alpha value is -1.12. The predicted molar refractivity (Wildman–Crippen MR) is 79.1 cm³/mol. The third-order valence-electron chi connectivity index (χ3n) is 2.30. The Labute approximate surface area is 154 Å². The minimum absolute atomic E-state index is 0. The van der Waals surface area contributed by atoms with Gasteiger partial charge < -0.3 is 47.9 Å². The summed E-state index contributed by atoms with van der Waals surface area (Å²) in [6, 6.07) is 5.74. The molecule has 3 rings (SSSR count). The molecule has 0 aliphatic rings. The Morgan fingerprint density at radius 2 is 1.82 bits per heavy atom. The zero-order valence-electron chi connectivity index (χ0n) is 11.0. The number of hydrogen-bond donors (Lipinski definition) is 2. The van der Waals surface area contributed by atoms with E-state index in [2.05, 4.69) is 25.6 Å². The Kier molecular flexibility index (Phi) is 10.0. The van der Waals surface area contributed by atoms with Crippen LogP contribution in [0.25, 0.3) is 0 Å². The van der Waals surface area contributed by atoms with E-state index in [1.807, 2.05) is 29.8 Å². The van der Waals surface area contributed by atoms with Crippen molar-refractivity contribution in [1.29, 1.82) is 0 Å². The van der Waals surface area contributed by atoms with Crippen molar-refractivity contribution in [2.45, 2.75) is 6.54 Å². The SMILES string of the molecule is [Cl-].[Cl-].[Cl-].c1ccc(Nc2ncc(CNc3nccs3)s2)nc1. The fourth-order valence-corrected chi connectivity index (χ4v) is 2.75. The highest BCUT2D eigenvalue weighted by atomic mass is 35.5. The van der Waals surface area contributed by atoms with Crippen LogP contribution in [0.4, 0.5) is 16.1 Å². The third-order valence-corrected chi connectivity index (χ3v) is 3.94. The molecule has 0 bridgehead atoms. The number of halogens is 3. The summed E-state index contributed by atoms with van der Waals surface area (Å²) < 4.78 is 0. The minimum atomic E-state index is 0. The second-order valence-corrected chi connectivity index (χ2v) is 5.67. The fraction of sp³-hybridized carbons (Fsp3) is 0.0833. The number of hydrogen-bond acceptors (Lipinski definition) is 7. The lowest BCUT2D eigenvalue weighted by Crippen LogP contribution is -3.00. The lowest BCUT2D eigenvalue weighted by atomic mass is 10.5.